The normalized spacial score (nSPS) is 14.6. The van der Waals surface area contributed by atoms with Crippen LogP contribution in [0.2, 0.25) is 0 Å². The topological polar surface area (TPSA) is 73.9 Å². The third-order valence-corrected chi connectivity index (χ3v) is 8.08. The molecule has 1 N–H and O–H groups in total. The first-order valence-electron chi connectivity index (χ1n) is 10.6. The highest BCUT2D eigenvalue weighted by Crippen LogP contribution is 2.38. The van der Waals surface area contributed by atoms with Crippen LogP contribution in [0, 0.1) is 0 Å². The summed E-state index contributed by atoms with van der Waals surface area (Å²) >= 11 is 1.55. The standard InChI is InChI=1S/C25H23NO5S2/c1-29-20-9-4-3-8-19(20)25(24-15-17-7-2-5-10-23(17)32-24)26-33(27,28)18-11-12-21-22(16-18)31-14-6-13-30-21/h2-5,7-12,15-16,25-26H,6,13-14H2,1H3/t25-/m0/s1. The van der Waals surface area contributed by atoms with E-state index in [0.29, 0.717) is 30.5 Å². The predicted molar refractivity (Wildman–Crippen MR) is 129 cm³/mol. The molecule has 0 unspecified atom stereocenters. The highest BCUT2D eigenvalue weighted by molar-refractivity contribution is 7.89. The second-order valence-corrected chi connectivity index (χ2v) is 10.5. The zero-order valence-electron chi connectivity index (χ0n) is 18.0. The summed E-state index contributed by atoms with van der Waals surface area (Å²) in [4.78, 5) is 0.992. The molecule has 0 spiro atoms. The van der Waals surface area contributed by atoms with Crippen molar-refractivity contribution in [1.82, 2.24) is 4.72 Å². The van der Waals surface area contributed by atoms with Gasteiger partial charge in [0.1, 0.15) is 5.75 Å². The van der Waals surface area contributed by atoms with E-state index in [0.717, 1.165) is 26.9 Å². The summed E-state index contributed by atoms with van der Waals surface area (Å²) in [5, 5.41) is 1.06. The Morgan fingerprint density at radius 1 is 0.939 bits per heavy atom. The number of rotatable bonds is 6. The van der Waals surface area contributed by atoms with Crippen molar-refractivity contribution >= 4 is 31.4 Å². The predicted octanol–water partition coefficient (Wildman–Crippen LogP) is 5.14. The van der Waals surface area contributed by atoms with Crippen molar-refractivity contribution in [2.75, 3.05) is 20.3 Å². The molecule has 6 nitrogen and oxygen atoms in total. The highest BCUT2D eigenvalue weighted by Gasteiger charge is 2.28. The Kier molecular flexibility index (Phi) is 5.97. The number of methoxy groups -OCH3 is 1. The largest absolute Gasteiger partial charge is 0.496 e. The third kappa shape index (κ3) is 4.42. The first-order chi connectivity index (χ1) is 16.0. The Labute approximate surface area is 196 Å². The molecule has 2 heterocycles. The van der Waals surface area contributed by atoms with Crippen LogP contribution < -0.4 is 18.9 Å². The van der Waals surface area contributed by atoms with Crippen LogP contribution in [0.25, 0.3) is 10.1 Å². The second kappa shape index (κ2) is 9.05. The van der Waals surface area contributed by atoms with Crippen molar-refractivity contribution in [3.63, 3.8) is 0 Å². The monoisotopic (exact) mass is 481 g/mol. The number of thiophene rings is 1. The fourth-order valence-electron chi connectivity index (χ4n) is 3.86. The van der Waals surface area contributed by atoms with Gasteiger partial charge in [-0.25, -0.2) is 8.42 Å². The van der Waals surface area contributed by atoms with Gasteiger partial charge in [0, 0.05) is 27.6 Å². The number of ether oxygens (including phenoxy) is 3. The Balaban J connectivity index is 1.57. The van der Waals surface area contributed by atoms with Gasteiger partial charge in [-0.2, -0.15) is 4.72 Å². The number of fused-ring (bicyclic) bond motifs is 2. The Hall–Kier alpha value is -3.07. The Morgan fingerprint density at radius 2 is 1.70 bits per heavy atom. The van der Waals surface area contributed by atoms with Crippen molar-refractivity contribution in [2.45, 2.75) is 17.4 Å². The smallest absolute Gasteiger partial charge is 0.241 e. The van der Waals surface area contributed by atoms with E-state index < -0.39 is 16.1 Å². The molecule has 0 bridgehead atoms. The van der Waals surface area contributed by atoms with E-state index in [4.69, 9.17) is 14.2 Å². The number of sulfonamides is 1. The summed E-state index contributed by atoms with van der Waals surface area (Å²) in [5.41, 5.74) is 0.740. The number of nitrogens with one attached hydrogen (secondary N) is 1. The van der Waals surface area contributed by atoms with E-state index in [1.54, 1.807) is 30.6 Å². The maximum absolute atomic E-state index is 13.5. The van der Waals surface area contributed by atoms with E-state index in [1.165, 1.54) is 6.07 Å². The average Bonchev–Trinajstić information content (AvgIpc) is 3.12. The summed E-state index contributed by atoms with van der Waals surface area (Å²) in [6, 6.07) is 21.5. The molecule has 0 saturated carbocycles. The molecule has 0 radical (unpaired) electrons. The van der Waals surface area contributed by atoms with Crippen LogP contribution in [-0.4, -0.2) is 28.7 Å². The molecule has 0 aliphatic carbocycles. The third-order valence-electron chi connectivity index (χ3n) is 5.48. The lowest BCUT2D eigenvalue weighted by Crippen LogP contribution is -2.29. The molecule has 0 fully saturated rings. The summed E-state index contributed by atoms with van der Waals surface area (Å²) in [6.45, 7) is 1.02. The summed E-state index contributed by atoms with van der Waals surface area (Å²) in [6.07, 6.45) is 0.747. The lowest BCUT2D eigenvalue weighted by molar-refractivity contribution is 0.297. The fraction of sp³-hybridized carbons (Fsp3) is 0.200. The van der Waals surface area contributed by atoms with Crippen LogP contribution in [0.15, 0.2) is 77.7 Å². The van der Waals surface area contributed by atoms with Crippen molar-refractivity contribution in [1.29, 1.82) is 0 Å². The molecular weight excluding hydrogens is 458 g/mol. The first kappa shape index (κ1) is 21.8. The molecule has 1 aliphatic rings. The van der Waals surface area contributed by atoms with Gasteiger partial charge in [-0.15, -0.1) is 11.3 Å². The van der Waals surface area contributed by atoms with Crippen molar-refractivity contribution < 1.29 is 22.6 Å². The zero-order chi connectivity index (χ0) is 22.8. The van der Waals surface area contributed by atoms with Gasteiger partial charge in [0.05, 0.1) is 31.3 Å². The van der Waals surface area contributed by atoms with Gasteiger partial charge in [0.2, 0.25) is 10.0 Å². The molecule has 3 aromatic carbocycles. The Bertz CT molecular complexity index is 1360. The molecule has 1 aromatic heterocycles. The molecule has 1 atom stereocenters. The molecule has 1 aliphatic heterocycles. The molecule has 33 heavy (non-hydrogen) atoms. The van der Waals surface area contributed by atoms with Gasteiger partial charge in [-0.1, -0.05) is 36.4 Å². The van der Waals surface area contributed by atoms with Crippen LogP contribution in [0.3, 0.4) is 0 Å². The maximum atomic E-state index is 13.5. The van der Waals surface area contributed by atoms with Crippen molar-refractivity contribution in [3.05, 3.63) is 83.2 Å². The molecule has 0 amide bonds. The molecule has 5 rings (SSSR count). The van der Waals surface area contributed by atoms with Crippen LogP contribution >= 0.6 is 11.3 Å². The van der Waals surface area contributed by atoms with Crippen LogP contribution in [0.1, 0.15) is 22.9 Å². The number of hydrogen-bond acceptors (Lipinski definition) is 6. The average molecular weight is 482 g/mol. The zero-order valence-corrected chi connectivity index (χ0v) is 19.6. The highest BCUT2D eigenvalue weighted by atomic mass is 32.2. The molecule has 0 saturated heterocycles. The van der Waals surface area contributed by atoms with E-state index in [9.17, 15) is 8.42 Å². The van der Waals surface area contributed by atoms with Crippen molar-refractivity contribution in [2.24, 2.45) is 0 Å². The van der Waals surface area contributed by atoms with Gasteiger partial charge in [-0.3, -0.25) is 0 Å². The number of benzene rings is 3. The van der Waals surface area contributed by atoms with E-state index in [2.05, 4.69) is 4.72 Å². The van der Waals surface area contributed by atoms with Crippen molar-refractivity contribution in [3.8, 4) is 17.2 Å². The quantitative estimate of drug-likeness (QED) is 0.413. The molecule has 170 valence electrons. The lowest BCUT2D eigenvalue weighted by Gasteiger charge is -2.21. The first-order valence-corrected chi connectivity index (χ1v) is 12.9. The molecule has 8 heteroatoms. The van der Waals surface area contributed by atoms with Crippen LogP contribution in [0.4, 0.5) is 0 Å². The minimum absolute atomic E-state index is 0.118. The van der Waals surface area contributed by atoms with Crippen LogP contribution in [-0.2, 0) is 10.0 Å². The number of para-hydroxylation sites is 1. The van der Waals surface area contributed by atoms with E-state index in [1.807, 2.05) is 54.6 Å². The SMILES string of the molecule is COc1ccccc1[C@H](NS(=O)(=O)c1ccc2c(c1)OCCCO2)c1cc2ccccc2s1. The maximum Gasteiger partial charge on any atom is 0.241 e. The van der Waals surface area contributed by atoms with Gasteiger partial charge in [-0.05, 0) is 35.7 Å². The minimum atomic E-state index is -3.90. The second-order valence-electron chi connectivity index (χ2n) is 7.64. The fourth-order valence-corrected chi connectivity index (χ4v) is 6.28. The molecular formula is C25H23NO5S2. The van der Waals surface area contributed by atoms with E-state index in [-0.39, 0.29) is 4.90 Å². The minimum Gasteiger partial charge on any atom is -0.496 e. The summed E-state index contributed by atoms with van der Waals surface area (Å²) in [7, 11) is -2.32. The van der Waals surface area contributed by atoms with Gasteiger partial charge < -0.3 is 14.2 Å². The van der Waals surface area contributed by atoms with E-state index >= 15 is 0 Å². The summed E-state index contributed by atoms with van der Waals surface area (Å²) in [5.74, 6) is 1.60. The number of hydrogen-bond donors (Lipinski definition) is 1. The lowest BCUT2D eigenvalue weighted by atomic mass is 10.0. The Morgan fingerprint density at radius 3 is 2.52 bits per heavy atom. The summed E-state index contributed by atoms with van der Waals surface area (Å²) < 4.78 is 48.0. The van der Waals surface area contributed by atoms with Gasteiger partial charge >= 0.3 is 0 Å². The molecule has 4 aromatic rings. The van der Waals surface area contributed by atoms with Gasteiger partial charge in [0.25, 0.3) is 0 Å². The van der Waals surface area contributed by atoms with Crippen LogP contribution in [0.5, 0.6) is 17.2 Å². The van der Waals surface area contributed by atoms with Gasteiger partial charge in [0.15, 0.2) is 11.5 Å².